The van der Waals surface area contributed by atoms with E-state index in [0.717, 1.165) is 29.4 Å². The van der Waals surface area contributed by atoms with Crippen LogP contribution in [-0.4, -0.2) is 34.2 Å². The zero-order valence-corrected chi connectivity index (χ0v) is 17.2. The molecule has 1 aliphatic heterocycles. The van der Waals surface area contributed by atoms with Crippen molar-refractivity contribution in [2.24, 2.45) is 0 Å². The van der Waals surface area contributed by atoms with Crippen LogP contribution in [0.3, 0.4) is 0 Å². The molecule has 0 aliphatic carbocycles. The Morgan fingerprint density at radius 3 is 2.72 bits per heavy atom. The molecule has 8 heteroatoms. The highest BCUT2D eigenvalue weighted by molar-refractivity contribution is 8.00. The van der Waals surface area contributed by atoms with E-state index in [0.29, 0.717) is 22.0 Å². The smallest absolute Gasteiger partial charge is 0.257 e. The number of ether oxygens (including phenoxy) is 1. The van der Waals surface area contributed by atoms with Gasteiger partial charge in [-0.25, -0.2) is 0 Å². The van der Waals surface area contributed by atoms with Gasteiger partial charge in [0.2, 0.25) is 5.13 Å². The molecule has 3 aromatic rings. The van der Waals surface area contributed by atoms with Gasteiger partial charge in [0, 0.05) is 22.6 Å². The van der Waals surface area contributed by atoms with Crippen LogP contribution in [0.5, 0.6) is 0 Å². The fourth-order valence-electron chi connectivity index (χ4n) is 2.94. The summed E-state index contributed by atoms with van der Waals surface area (Å²) in [6.45, 7) is 0.739. The van der Waals surface area contributed by atoms with Crippen LogP contribution in [0.15, 0.2) is 59.5 Å². The first kappa shape index (κ1) is 19.8. The number of nitrogens with one attached hydrogen (secondary N) is 1. The first-order chi connectivity index (χ1) is 14.2. The first-order valence-electron chi connectivity index (χ1n) is 9.26. The maximum absolute atomic E-state index is 12.6. The molecule has 0 bridgehead atoms. The number of benzene rings is 2. The fourth-order valence-corrected chi connectivity index (χ4v) is 4.61. The van der Waals surface area contributed by atoms with Gasteiger partial charge in [0.05, 0.1) is 5.75 Å². The van der Waals surface area contributed by atoms with Crippen molar-refractivity contribution in [3.05, 3.63) is 70.7 Å². The molecule has 4 rings (SSSR count). The number of ketones is 1. The van der Waals surface area contributed by atoms with E-state index in [4.69, 9.17) is 4.74 Å². The SMILES string of the molecule is O=C(CSc1cccc(C(=O)Nc2nnc(C3CCCO3)s2)c1)c1ccccc1. The molecule has 0 saturated carbocycles. The summed E-state index contributed by atoms with van der Waals surface area (Å²) >= 11 is 2.75. The Morgan fingerprint density at radius 1 is 1.10 bits per heavy atom. The van der Waals surface area contributed by atoms with Crippen LogP contribution in [0.2, 0.25) is 0 Å². The molecule has 2 aromatic carbocycles. The van der Waals surface area contributed by atoms with Crippen LogP contribution in [0.1, 0.15) is 44.7 Å². The zero-order valence-electron chi connectivity index (χ0n) is 15.5. The second kappa shape index (κ2) is 9.30. The molecule has 1 atom stereocenters. The molecule has 1 fully saturated rings. The lowest BCUT2D eigenvalue weighted by Gasteiger charge is -2.05. The molecule has 148 valence electrons. The monoisotopic (exact) mass is 425 g/mol. The highest BCUT2D eigenvalue weighted by Crippen LogP contribution is 2.32. The lowest BCUT2D eigenvalue weighted by Crippen LogP contribution is -2.11. The van der Waals surface area contributed by atoms with E-state index >= 15 is 0 Å². The van der Waals surface area contributed by atoms with E-state index in [1.54, 1.807) is 24.3 Å². The van der Waals surface area contributed by atoms with Crippen LogP contribution in [0.25, 0.3) is 0 Å². The average molecular weight is 426 g/mol. The molecule has 1 amide bonds. The number of Topliss-reactive ketones (excluding diaryl/α,β-unsaturated/α-hetero) is 1. The third-order valence-electron chi connectivity index (χ3n) is 4.43. The van der Waals surface area contributed by atoms with Crippen molar-refractivity contribution in [1.82, 2.24) is 10.2 Å². The second-order valence-corrected chi connectivity index (χ2v) is 8.56. The molecule has 6 nitrogen and oxygen atoms in total. The van der Waals surface area contributed by atoms with Gasteiger partial charge in [0.15, 0.2) is 5.78 Å². The van der Waals surface area contributed by atoms with Crippen molar-refractivity contribution in [3.8, 4) is 0 Å². The Hall–Kier alpha value is -2.55. The standard InChI is InChI=1S/C21H19N3O3S2/c25-17(14-6-2-1-3-7-14)13-28-16-9-4-8-15(12-16)19(26)22-21-24-23-20(29-21)18-10-5-11-27-18/h1-4,6-9,12,18H,5,10-11,13H2,(H,22,24,26). The minimum atomic E-state index is -0.253. The number of rotatable bonds is 7. The number of carbonyl (C=O) groups is 2. The number of nitrogens with zero attached hydrogens (tertiary/aromatic N) is 2. The first-order valence-corrected chi connectivity index (χ1v) is 11.1. The molecule has 0 radical (unpaired) electrons. The number of carbonyl (C=O) groups excluding carboxylic acids is 2. The molecule has 1 aromatic heterocycles. The Bertz CT molecular complexity index is 1000. The van der Waals surface area contributed by atoms with Gasteiger partial charge in [-0.3, -0.25) is 14.9 Å². The molecular formula is C21H19N3O3S2. The van der Waals surface area contributed by atoms with Crippen molar-refractivity contribution in [1.29, 1.82) is 0 Å². The Balaban J connectivity index is 1.36. The highest BCUT2D eigenvalue weighted by Gasteiger charge is 2.22. The van der Waals surface area contributed by atoms with Gasteiger partial charge in [0.1, 0.15) is 11.1 Å². The lowest BCUT2D eigenvalue weighted by atomic mass is 10.2. The summed E-state index contributed by atoms with van der Waals surface area (Å²) in [5.41, 5.74) is 1.20. The maximum Gasteiger partial charge on any atom is 0.257 e. The Labute approximate surface area is 176 Å². The van der Waals surface area contributed by atoms with Crippen LogP contribution in [-0.2, 0) is 4.74 Å². The summed E-state index contributed by atoms with van der Waals surface area (Å²) in [7, 11) is 0. The summed E-state index contributed by atoms with van der Waals surface area (Å²) in [6.07, 6.45) is 1.94. The van der Waals surface area contributed by atoms with E-state index in [1.165, 1.54) is 23.1 Å². The third-order valence-corrected chi connectivity index (χ3v) is 6.35. The van der Waals surface area contributed by atoms with Gasteiger partial charge >= 0.3 is 0 Å². The second-order valence-electron chi connectivity index (χ2n) is 6.51. The van der Waals surface area contributed by atoms with Crippen LogP contribution in [0, 0.1) is 0 Å². The van der Waals surface area contributed by atoms with Crippen LogP contribution >= 0.6 is 23.1 Å². The van der Waals surface area contributed by atoms with E-state index in [1.807, 2.05) is 30.3 Å². The normalized spacial score (nSPS) is 15.9. The van der Waals surface area contributed by atoms with Crippen LogP contribution < -0.4 is 5.32 Å². The molecule has 1 saturated heterocycles. The van der Waals surface area contributed by atoms with Gasteiger partial charge in [-0.05, 0) is 31.0 Å². The molecule has 1 unspecified atom stereocenters. The van der Waals surface area contributed by atoms with Gasteiger partial charge in [0.25, 0.3) is 5.91 Å². The van der Waals surface area contributed by atoms with Crippen LogP contribution in [0.4, 0.5) is 5.13 Å². The number of hydrogen-bond acceptors (Lipinski definition) is 7. The number of thioether (sulfide) groups is 1. The maximum atomic E-state index is 12.6. The molecule has 1 N–H and O–H groups in total. The van der Waals surface area contributed by atoms with E-state index in [9.17, 15) is 9.59 Å². The Kier molecular flexibility index (Phi) is 6.33. The quantitative estimate of drug-likeness (QED) is 0.440. The molecule has 29 heavy (non-hydrogen) atoms. The minimum absolute atomic E-state index is 0.0139. The van der Waals surface area contributed by atoms with Crippen molar-refractivity contribution in [3.63, 3.8) is 0 Å². The summed E-state index contributed by atoms with van der Waals surface area (Å²) in [5, 5.41) is 12.2. The minimum Gasteiger partial charge on any atom is -0.371 e. The molecule has 0 spiro atoms. The summed E-state index contributed by atoms with van der Waals surface area (Å²) < 4.78 is 5.60. The predicted molar refractivity (Wildman–Crippen MR) is 114 cm³/mol. The van der Waals surface area contributed by atoms with Crippen molar-refractivity contribution in [2.45, 2.75) is 23.8 Å². The number of amides is 1. The Morgan fingerprint density at radius 2 is 1.93 bits per heavy atom. The van der Waals surface area contributed by atoms with E-state index in [2.05, 4.69) is 15.5 Å². The lowest BCUT2D eigenvalue weighted by molar-refractivity contribution is 0.101. The van der Waals surface area contributed by atoms with Crippen molar-refractivity contribution in [2.75, 3.05) is 17.7 Å². The number of aromatic nitrogens is 2. The summed E-state index contributed by atoms with van der Waals surface area (Å²) in [6, 6.07) is 16.4. The highest BCUT2D eigenvalue weighted by atomic mass is 32.2. The van der Waals surface area contributed by atoms with Gasteiger partial charge in [-0.2, -0.15) is 0 Å². The molecular weight excluding hydrogens is 406 g/mol. The number of hydrogen-bond donors (Lipinski definition) is 1. The van der Waals surface area contributed by atoms with E-state index in [-0.39, 0.29) is 17.8 Å². The zero-order chi connectivity index (χ0) is 20.1. The van der Waals surface area contributed by atoms with E-state index < -0.39 is 0 Å². The summed E-state index contributed by atoms with van der Waals surface area (Å²) in [5.74, 6) is 0.119. The number of anilines is 1. The van der Waals surface area contributed by atoms with Gasteiger partial charge in [-0.15, -0.1) is 22.0 Å². The van der Waals surface area contributed by atoms with Crippen molar-refractivity contribution >= 4 is 39.9 Å². The average Bonchev–Trinajstić information content (AvgIpc) is 3.45. The molecule has 1 aliphatic rings. The third kappa shape index (κ3) is 5.09. The van der Waals surface area contributed by atoms with Gasteiger partial charge in [-0.1, -0.05) is 47.7 Å². The molecule has 2 heterocycles. The van der Waals surface area contributed by atoms with Gasteiger partial charge < -0.3 is 4.74 Å². The predicted octanol–water partition coefficient (Wildman–Crippen LogP) is 4.62. The van der Waals surface area contributed by atoms with Crippen molar-refractivity contribution < 1.29 is 14.3 Å². The topological polar surface area (TPSA) is 81.2 Å². The largest absolute Gasteiger partial charge is 0.371 e. The summed E-state index contributed by atoms with van der Waals surface area (Å²) in [4.78, 5) is 25.7. The fraction of sp³-hybridized carbons (Fsp3) is 0.238.